The highest BCUT2D eigenvalue weighted by atomic mass is 19.1. The highest BCUT2D eigenvalue weighted by Gasteiger charge is 2.08. The summed E-state index contributed by atoms with van der Waals surface area (Å²) in [6, 6.07) is 7.65. The van der Waals surface area contributed by atoms with E-state index in [1.165, 1.54) is 0 Å². The van der Waals surface area contributed by atoms with Gasteiger partial charge in [-0.25, -0.2) is 4.39 Å². The molecule has 84 valence electrons. The summed E-state index contributed by atoms with van der Waals surface area (Å²) in [5.41, 5.74) is 7.21. The summed E-state index contributed by atoms with van der Waals surface area (Å²) >= 11 is 0. The third kappa shape index (κ3) is 3.98. The lowest BCUT2D eigenvalue weighted by Gasteiger charge is -2.12. The summed E-state index contributed by atoms with van der Waals surface area (Å²) in [7, 11) is 4.00. The SMILES string of the molecule is CN(C)Cc1cccc(C(F)CCN)c1. The van der Waals surface area contributed by atoms with Gasteiger partial charge >= 0.3 is 0 Å². The van der Waals surface area contributed by atoms with Gasteiger partial charge in [-0.15, -0.1) is 0 Å². The van der Waals surface area contributed by atoms with E-state index in [1.807, 2.05) is 38.4 Å². The molecule has 1 rings (SSSR count). The van der Waals surface area contributed by atoms with Crippen LogP contribution in [0.5, 0.6) is 0 Å². The molecule has 0 spiro atoms. The molecule has 0 radical (unpaired) electrons. The fraction of sp³-hybridized carbons (Fsp3) is 0.500. The van der Waals surface area contributed by atoms with Gasteiger partial charge in [0.15, 0.2) is 0 Å². The van der Waals surface area contributed by atoms with Crippen LogP contribution in [0.15, 0.2) is 24.3 Å². The van der Waals surface area contributed by atoms with Crippen molar-refractivity contribution >= 4 is 0 Å². The van der Waals surface area contributed by atoms with Crippen LogP contribution >= 0.6 is 0 Å². The van der Waals surface area contributed by atoms with Crippen molar-refractivity contribution in [2.24, 2.45) is 5.73 Å². The van der Waals surface area contributed by atoms with Gasteiger partial charge in [0.25, 0.3) is 0 Å². The molecule has 2 N–H and O–H groups in total. The maximum atomic E-state index is 13.6. The average Bonchev–Trinajstić information content (AvgIpc) is 2.17. The lowest BCUT2D eigenvalue weighted by atomic mass is 10.0. The van der Waals surface area contributed by atoms with E-state index in [2.05, 4.69) is 4.90 Å². The van der Waals surface area contributed by atoms with E-state index in [0.29, 0.717) is 13.0 Å². The zero-order chi connectivity index (χ0) is 11.3. The second-order valence-corrected chi connectivity index (χ2v) is 4.03. The largest absolute Gasteiger partial charge is 0.330 e. The van der Waals surface area contributed by atoms with Crippen LogP contribution < -0.4 is 5.73 Å². The van der Waals surface area contributed by atoms with Gasteiger partial charge in [-0.2, -0.15) is 0 Å². The molecule has 0 heterocycles. The van der Waals surface area contributed by atoms with Crippen molar-refractivity contribution in [3.63, 3.8) is 0 Å². The van der Waals surface area contributed by atoms with Gasteiger partial charge in [0.1, 0.15) is 6.17 Å². The van der Waals surface area contributed by atoms with E-state index >= 15 is 0 Å². The lowest BCUT2D eigenvalue weighted by Crippen LogP contribution is -2.11. The monoisotopic (exact) mass is 210 g/mol. The molecule has 0 saturated carbocycles. The molecule has 0 saturated heterocycles. The minimum Gasteiger partial charge on any atom is -0.330 e. The van der Waals surface area contributed by atoms with E-state index in [9.17, 15) is 4.39 Å². The number of hydrogen-bond donors (Lipinski definition) is 1. The van der Waals surface area contributed by atoms with Crippen LogP contribution in [0.25, 0.3) is 0 Å². The quantitative estimate of drug-likeness (QED) is 0.806. The third-order valence-electron chi connectivity index (χ3n) is 2.23. The first-order valence-corrected chi connectivity index (χ1v) is 5.21. The molecule has 0 aliphatic rings. The second kappa shape index (κ2) is 5.83. The van der Waals surface area contributed by atoms with Gasteiger partial charge < -0.3 is 10.6 Å². The van der Waals surface area contributed by atoms with E-state index in [1.54, 1.807) is 0 Å². The van der Waals surface area contributed by atoms with Crippen LogP contribution in [-0.2, 0) is 6.54 Å². The summed E-state index contributed by atoms with van der Waals surface area (Å²) in [5, 5.41) is 0. The van der Waals surface area contributed by atoms with Gasteiger partial charge in [-0.05, 0) is 38.2 Å². The van der Waals surface area contributed by atoms with Gasteiger partial charge in [0.2, 0.25) is 0 Å². The predicted molar refractivity (Wildman–Crippen MR) is 61.4 cm³/mol. The molecule has 1 aromatic rings. The third-order valence-corrected chi connectivity index (χ3v) is 2.23. The van der Waals surface area contributed by atoms with Crippen molar-refractivity contribution in [1.82, 2.24) is 4.90 Å². The number of benzene rings is 1. The van der Waals surface area contributed by atoms with Crippen molar-refractivity contribution in [1.29, 1.82) is 0 Å². The maximum absolute atomic E-state index is 13.6. The zero-order valence-electron chi connectivity index (χ0n) is 9.41. The van der Waals surface area contributed by atoms with E-state index in [-0.39, 0.29) is 0 Å². The summed E-state index contributed by atoms with van der Waals surface area (Å²) in [6.45, 7) is 1.22. The highest BCUT2D eigenvalue weighted by molar-refractivity contribution is 5.25. The summed E-state index contributed by atoms with van der Waals surface area (Å²) in [5.74, 6) is 0. The molecule has 0 bridgehead atoms. The number of nitrogens with zero attached hydrogens (tertiary/aromatic N) is 1. The van der Waals surface area contributed by atoms with Gasteiger partial charge in [-0.1, -0.05) is 24.3 Å². The predicted octanol–water partition coefficient (Wildman–Crippen LogP) is 2.11. The van der Waals surface area contributed by atoms with Gasteiger partial charge in [0.05, 0.1) is 0 Å². The van der Waals surface area contributed by atoms with Crippen LogP contribution in [0, 0.1) is 0 Å². The molecule has 0 fully saturated rings. The van der Waals surface area contributed by atoms with E-state index < -0.39 is 6.17 Å². The number of halogens is 1. The Hall–Kier alpha value is -0.930. The van der Waals surface area contributed by atoms with E-state index in [4.69, 9.17) is 5.73 Å². The Morgan fingerprint density at radius 2 is 2.13 bits per heavy atom. The van der Waals surface area contributed by atoms with Crippen LogP contribution in [0.3, 0.4) is 0 Å². The first-order valence-electron chi connectivity index (χ1n) is 5.21. The molecular formula is C12H19FN2. The van der Waals surface area contributed by atoms with E-state index in [0.717, 1.165) is 17.7 Å². The Balaban J connectivity index is 2.73. The topological polar surface area (TPSA) is 29.3 Å². The number of alkyl halides is 1. The maximum Gasteiger partial charge on any atom is 0.126 e. The van der Waals surface area contributed by atoms with Crippen molar-refractivity contribution in [3.05, 3.63) is 35.4 Å². The smallest absolute Gasteiger partial charge is 0.126 e. The van der Waals surface area contributed by atoms with Crippen LogP contribution in [0.4, 0.5) is 4.39 Å². The van der Waals surface area contributed by atoms with Crippen molar-refractivity contribution in [2.75, 3.05) is 20.6 Å². The lowest BCUT2D eigenvalue weighted by molar-refractivity contribution is 0.327. The zero-order valence-corrected chi connectivity index (χ0v) is 9.41. The Kier molecular flexibility index (Phi) is 4.72. The molecule has 0 aliphatic heterocycles. The molecule has 0 aromatic heterocycles. The Morgan fingerprint density at radius 1 is 1.40 bits per heavy atom. The minimum absolute atomic E-state index is 0.388. The minimum atomic E-state index is -0.933. The Bertz CT molecular complexity index is 299. The van der Waals surface area contributed by atoms with Crippen LogP contribution in [-0.4, -0.2) is 25.5 Å². The molecule has 15 heavy (non-hydrogen) atoms. The summed E-state index contributed by atoms with van der Waals surface area (Å²) in [6.07, 6.45) is -0.539. The van der Waals surface area contributed by atoms with Crippen molar-refractivity contribution < 1.29 is 4.39 Å². The molecule has 3 heteroatoms. The molecule has 1 unspecified atom stereocenters. The van der Waals surface area contributed by atoms with Crippen molar-refractivity contribution in [3.8, 4) is 0 Å². The average molecular weight is 210 g/mol. The molecule has 1 aromatic carbocycles. The van der Waals surface area contributed by atoms with Crippen molar-refractivity contribution in [2.45, 2.75) is 19.1 Å². The van der Waals surface area contributed by atoms with Crippen LogP contribution in [0.1, 0.15) is 23.7 Å². The van der Waals surface area contributed by atoms with Gasteiger partial charge in [0, 0.05) is 6.54 Å². The normalized spacial score (nSPS) is 13.1. The molecular weight excluding hydrogens is 191 g/mol. The fourth-order valence-electron chi connectivity index (χ4n) is 1.56. The molecule has 2 nitrogen and oxygen atoms in total. The van der Waals surface area contributed by atoms with Crippen LogP contribution in [0.2, 0.25) is 0 Å². The highest BCUT2D eigenvalue weighted by Crippen LogP contribution is 2.21. The standard InChI is InChI=1S/C12H19FN2/c1-15(2)9-10-4-3-5-11(8-10)12(13)6-7-14/h3-5,8,12H,6-7,9,14H2,1-2H3. The second-order valence-electron chi connectivity index (χ2n) is 4.03. The first kappa shape index (κ1) is 12.1. The first-order chi connectivity index (χ1) is 7.13. The molecule has 1 atom stereocenters. The summed E-state index contributed by atoms with van der Waals surface area (Å²) in [4.78, 5) is 2.06. The Morgan fingerprint density at radius 3 is 2.73 bits per heavy atom. The fourth-order valence-corrected chi connectivity index (χ4v) is 1.56. The number of hydrogen-bond acceptors (Lipinski definition) is 2. The number of nitrogens with two attached hydrogens (primary N) is 1. The number of rotatable bonds is 5. The Labute approximate surface area is 90.9 Å². The van der Waals surface area contributed by atoms with Gasteiger partial charge in [-0.3, -0.25) is 0 Å². The molecule has 0 amide bonds. The molecule has 0 aliphatic carbocycles. The summed E-state index contributed by atoms with van der Waals surface area (Å²) < 4.78 is 13.6.